The first-order chi connectivity index (χ1) is 8.90. The first kappa shape index (κ1) is 15.5. The van der Waals surface area contributed by atoms with Gasteiger partial charge in [0.2, 0.25) is 0 Å². The number of hydrogen-bond donors (Lipinski definition) is 2. The summed E-state index contributed by atoms with van der Waals surface area (Å²) < 4.78 is 0. The van der Waals surface area contributed by atoms with Crippen molar-refractivity contribution >= 4 is 6.03 Å². The second kappa shape index (κ2) is 7.14. The van der Waals surface area contributed by atoms with Gasteiger partial charge in [-0.2, -0.15) is 0 Å². The third-order valence-corrected chi connectivity index (χ3v) is 2.87. The van der Waals surface area contributed by atoms with Gasteiger partial charge in [0.05, 0.1) is 6.10 Å². The van der Waals surface area contributed by atoms with Crippen LogP contribution >= 0.6 is 0 Å². The molecule has 0 aromatic heterocycles. The number of aryl methyl sites for hydroxylation is 1. The number of nitrogens with one attached hydrogen (secondary N) is 1. The molecule has 1 aromatic carbocycles. The molecule has 4 nitrogen and oxygen atoms in total. The van der Waals surface area contributed by atoms with Crippen LogP contribution in [0.4, 0.5) is 4.79 Å². The fourth-order valence-electron chi connectivity index (χ4n) is 1.91. The van der Waals surface area contributed by atoms with Crippen molar-refractivity contribution in [3.05, 3.63) is 35.4 Å². The van der Waals surface area contributed by atoms with Gasteiger partial charge in [-0.05, 0) is 33.3 Å². The van der Waals surface area contributed by atoms with Gasteiger partial charge in [-0.1, -0.05) is 29.8 Å². The number of rotatable bonds is 5. The zero-order chi connectivity index (χ0) is 14.4. The molecular weight excluding hydrogens is 240 g/mol. The molecule has 0 heterocycles. The maximum Gasteiger partial charge on any atom is 0.317 e. The minimum Gasteiger partial charge on any atom is -0.392 e. The summed E-state index contributed by atoms with van der Waals surface area (Å²) in [7, 11) is 0. The minimum atomic E-state index is -0.521. The van der Waals surface area contributed by atoms with Crippen molar-refractivity contribution in [3.63, 3.8) is 0 Å². The Morgan fingerprint density at radius 3 is 2.58 bits per heavy atom. The SMILES string of the molecule is Cc1cccc(CNC(=O)N(CC(C)O)C(C)C)c1. The van der Waals surface area contributed by atoms with E-state index < -0.39 is 6.10 Å². The molecule has 0 fully saturated rings. The van der Waals surface area contributed by atoms with Crippen LogP contribution in [0.5, 0.6) is 0 Å². The van der Waals surface area contributed by atoms with Gasteiger partial charge >= 0.3 is 6.03 Å². The molecule has 19 heavy (non-hydrogen) atoms. The second-order valence-corrected chi connectivity index (χ2v) is 5.24. The Morgan fingerprint density at radius 2 is 2.05 bits per heavy atom. The van der Waals surface area contributed by atoms with Gasteiger partial charge in [0, 0.05) is 19.1 Å². The molecule has 0 aliphatic carbocycles. The first-order valence-electron chi connectivity index (χ1n) is 6.68. The highest BCUT2D eigenvalue weighted by atomic mass is 16.3. The van der Waals surface area contributed by atoms with Crippen LogP contribution in [-0.2, 0) is 6.54 Å². The van der Waals surface area contributed by atoms with Crippen molar-refractivity contribution in [1.29, 1.82) is 0 Å². The molecule has 0 saturated heterocycles. The topological polar surface area (TPSA) is 52.6 Å². The molecule has 1 aromatic rings. The van der Waals surface area contributed by atoms with Crippen molar-refractivity contribution in [3.8, 4) is 0 Å². The number of amides is 2. The third-order valence-electron chi connectivity index (χ3n) is 2.87. The number of carbonyl (C=O) groups is 1. The molecule has 0 saturated carbocycles. The highest BCUT2D eigenvalue weighted by molar-refractivity contribution is 5.74. The van der Waals surface area contributed by atoms with E-state index in [9.17, 15) is 9.90 Å². The van der Waals surface area contributed by atoms with Crippen LogP contribution in [0.2, 0.25) is 0 Å². The quantitative estimate of drug-likeness (QED) is 0.857. The number of aliphatic hydroxyl groups is 1. The summed E-state index contributed by atoms with van der Waals surface area (Å²) in [6.07, 6.45) is -0.521. The predicted molar refractivity (Wildman–Crippen MR) is 76.9 cm³/mol. The number of aliphatic hydroxyl groups excluding tert-OH is 1. The van der Waals surface area contributed by atoms with Gasteiger partial charge in [0.1, 0.15) is 0 Å². The molecule has 106 valence electrons. The van der Waals surface area contributed by atoms with E-state index in [-0.39, 0.29) is 12.1 Å². The lowest BCUT2D eigenvalue weighted by Gasteiger charge is -2.28. The van der Waals surface area contributed by atoms with E-state index in [4.69, 9.17) is 0 Å². The minimum absolute atomic E-state index is 0.0621. The van der Waals surface area contributed by atoms with Crippen LogP contribution in [-0.4, -0.2) is 34.7 Å². The summed E-state index contributed by atoms with van der Waals surface area (Å²) >= 11 is 0. The molecule has 1 unspecified atom stereocenters. The molecule has 0 aliphatic heterocycles. The van der Waals surface area contributed by atoms with Crippen molar-refractivity contribution in [2.24, 2.45) is 0 Å². The molecule has 0 bridgehead atoms. The maximum absolute atomic E-state index is 12.1. The lowest BCUT2D eigenvalue weighted by atomic mass is 10.1. The summed E-state index contributed by atoms with van der Waals surface area (Å²) in [5.41, 5.74) is 2.26. The third kappa shape index (κ3) is 5.30. The monoisotopic (exact) mass is 264 g/mol. The summed E-state index contributed by atoms with van der Waals surface area (Å²) in [6, 6.07) is 7.96. The van der Waals surface area contributed by atoms with E-state index in [1.807, 2.05) is 39.0 Å². The average Bonchev–Trinajstić information content (AvgIpc) is 2.32. The molecule has 1 rings (SSSR count). The molecule has 1 atom stereocenters. The summed E-state index contributed by atoms with van der Waals surface area (Å²) in [6.45, 7) is 8.44. The maximum atomic E-state index is 12.1. The van der Waals surface area contributed by atoms with E-state index in [2.05, 4.69) is 11.4 Å². The van der Waals surface area contributed by atoms with Crippen LogP contribution in [0.25, 0.3) is 0 Å². The molecule has 0 aliphatic rings. The van der Waals surface area contributed by atoms with Gasteiger partial charge in [0.25, 0.3) is 0 Å². The van der Waals surface area contributed by atoms with Crippen LogP contribution in [0, 0.1) is 6.92 Å². The van der Waals surface area contributed by atoms with Crippen molar-refractivity contribution in [2.45, 2.75) is 46.4 Å². The Hall–Kier alpha value is -1.55. The highest BCUT2D eigenvalue weighted by Gasteiger charge is 2.18. The van der Waals surface area contributed by atoms with Crippen LogP contribution in [0.1, 0.15) is 31.9 Å². The normalized spacial score (nSPS) is 12.3. The summed E-state index contributed by atoms with van der Waals surface area (Å²) in [5.74, 6) is 0. The summed E-state index contributed by atoms with van der Waals surface area (Å²) in [4.78, 5) is 13.7. The van der Waals surface area contributed by atoms with Crippen LogP contribution in [0.3, 0.4) is 0 Å². The van der Waals surface area contributed by atoms with E-state index in [1.54, 1.807) is 11.8 Å². The van der Waals surface area contributed by atoms with E-state index in [1.165, 1.54) is 5.56 Å². The Kier molecular flexibility index (Phi) is 5.83. The second-order valence-electron chi connectivity index (χ2n) is 5.24. The van der Waals surface area contributed by atoms with E-state index in [0.29, 0.717) is 13.1 Å². The highest BCUT2D eigenvalue weighted by Crippen LogP contribution is 2.05. The number of nitrogens with zero attached hydrogens (tertiary/aromatic N) is 1. The smallest absolute Gasteiger partial charge is 0.317 e. The number of urea groups is 1. The van der Waals surface area contributed by atoms with Gasteiger partial charge < -0.3 is 15.3 Å². The molecule has 4 heteroatoms. The molecule has 0 radical (unpaired) electrons. The van der Waals surface area contributed by atoms with Gasteiger partial charge in [-0.15, -0.1) is 0 Å². The number of hydrogen-bond acceptors (Lipinski definition) is 2. The largest absolute Gasteiger partial charge is 0.392 e. The fourth-order valence-corrected chi connectivity index (χ4v) is 1.91. The van der Waals surface area contributed by atoms with E-state index in [0.717, 1.165) is 5.56 Å². The molecular formula is C15H24N2O2. The zero-order valence-corrected chi connectivity index (χ0v) is 12.2. The predicted octanol–water partition coefficient (Wildman–Crippen LogP) is 2.30. The summed E-state index contributed by atoms with van der Waals surface area (Å²) in [5, 5.41) is 12.3. The number of benzene rings is 1. The fraction of sp³-hybridized carbons (Fsp3) is 0.533. The molecule has 2 N–H and O–H groups in total. The number of carbonyl (C=O) groups excluding carboxylic acids is 1. The molecule has 0 spiro atoms. The van der Waals surface area contributed by atoms with Gasteiger partial charge in [-0.25, -0.2) is 4.79 Å². The first-order valence-corrected chi connectivity index (χ1v) is 6.68. The van der Waals surface area contributed by atoms with Gasteiger partial charge in [0.15, 0.2) is 0 Å². The Bertz CT molecular complexity index is 416. The van der Waals surface area contributed by atoms with Crippen molar-refractivity contribution in [1.82, 2.24) is 10.2 Å². The lowest BCUT2D eigenvalue weighted by Crippen LogP contribution is -2.46. The van der Waals surface area contributed by atoms with Crippen molar-refractivity contribution < 1.29 is 9.90 Å². The standard InChI is InChI=1S/C15H24N2O2/c1-11(2)17(10-13(4)18)15(19)16-9-14-7-5-6-12(3)8-14/h5-8,11,13,18H,9-10H2,1-4H3,(H,16,19). The van der Waals surface area contributed by atoms with Crippen LogP contribution < -0.4 is 5.32 Å². The van der Waals surface area contributed by atoms with Crippen LogP contribution in [0.15, 0.2) is 24.3 Å². The zero-order valence-electron chi connectivity index (χ0n) is 12.2. The van der Waals surface area contributed by atoms with Gasteiger partial charge in [-0.3, -0.25) is 0 Å². The van der Waals surface area contributed by atoms with Crippen molar-refractivity contribution in [2.75, 3.05) is 6.54 Å². The Morgan fingerprint density at radius 1 is 1.37 bits per heavy atom. The average molecular weight is 264 g/mol. The lowest BCUT2D eigenvalue weighted by molar-refractivity contribution is 0.119. The van der Waals surface area contributed by atoms with E-state index >= 15 is 0 Å². The molecule has 2 amide bonds. The Labute approximate surface area is 115 Å². The Balaban J connectivity index is 2.57.